The van der Waals surface area contributed by atoms with Gasteiger partial charge in [0.25, 0.3) is 5.91 Å². The molecule has 1 heterocycles. The van der Waals surface area contributed by atoms with Crippen LogP contribution in [0.3, 0.4) is 0 Å². The van der Waals surface area contributed by atoms with Crippen LogP contribution < -0.4 is 10.1 Å². The molecule has 1 N–H and O–H groups in total. The molecule has 0 aliphatic heterocycles. The first-order chi connectivity index (χ1) is 15.5. The van der Waals surface area contributed by atoms with Gasteiger partial charge in [-0.05, 0) is 55.5 Å². The van der Waals surface area contributed by atoms with Crippen molar-refractivity contribution in [3.63, 3.8) is 0 Å². The fourth-order valence-corrected chi connectivity index (χ4v) is 4.35. The van der Waals surface area contributed by atoms with E-state index in [4.69, 9.17) is 9.84 Å². The molecular weight excluding hydrogens is 400 g/mol. The van der Waals surface area contributed by atoms with E-state index in [-0.39, 0.29) is 5.91 Å². The normalized spacial score (nSPS) is 15.3. The molecule has 1 aliphatic rings. The number of aromatic nitrogens is 2. The van der Waals surface area contributed by atoms with Crippen molar-refractivity contribution in [2.75, 3.05) is 27.7 Å². The Morgan fingerprint density at radius 2 is 1.88 bits per heavy atom. The molecule has 6 nitrogen and oxygen atoms in total. The van der Waals surface area contributed by atoms with E-state index in [9.17, 15) is 4.79 Å². The van der Waals surface area contributed by atoms with Gasteiger partial charge in [0.15, 0.2) is 5.69 Å². The first kappa shape index (κ1) is 22.1. The third kappa shape index (κ3) is 5.02. The van der Waals surface area contributed by atoms with Crippen molar-refractivity contribution >= 4 is 5.91 Å². The number of fused-ring (bicyclic) bond motifs is 1. The Bertz CT molecular complexity index is 1040. The molecule has 168 valence electrons. The number of hydrogen-bond donors (Lipinski definition) is 1. The van der Waals surface area contributed by atoms with Crippen LogP contribution in [0.5, 0.6) is 5.75 Å². The Hall–Kier alpha value is -3.12. The summed E-state index contributed by atoms with van der Waals surface area (Å²) in [5.74, 6) is 0.860. The SMILES string of the molecule is COc1ccc(CCN[C@H]2CCc3c(c(C(=O)N(C)C)nn3Cc3ccccc3)C2)cc1. The molecule has 0 radical (unpaired) electrons. The molecular formula is C26H32N4O2. The van der Waals surface area contributed by atoms with Crippen molar-refractivity contribution in [2.45, 2.75) is 38.3 Å². The lowest BCUT2D eigenvalue weighted by atomic mass is 9.91. The number of nitrogens with one attached hydrogen (secondary N) is 1. The summed E-state index contributed by atoms with van der Waals surface area (Å²) in [6.45, 7) is 1.60. The lowest BCUT2D eigenvalue weighted by molar-refractivity contribution is 0.0820. The van der Waals surface area contributed by atoms with Gasteiger partial charge in [0.05, 0.1) is 13.7 Å². The number of benzene rings is 2. The highest BCUT2D eigenvalue weighted by Crippen LogP contribution is 2.26. The Morgan fingerprint density at radius 3 is 2.56 bits per heavy atom. The van der Waals surface area contributed by atoms with Gasteiger partial charge in [0.2, 0.25) is 0 Å². The van der Waals surface area contributed by atoms with Crippen molar-refractivity contribution in [3.05, 3.63) is 82.7 Å². The van der Waals surface area contributed by atoms with Gasteiger partial charge in [-0.2, -0.15) is 5.10 Å². The van der Waals surface area contributed by atoms with E-state index in [1.807, 2.05) is 35.0 Å². The Morgan fingerprint density at radius 1 is 1.12 bits per heavy atom. The monoisotopic (exact) mass is 432 g/mol. The molecule has 2 aromatic carbocycles. The fraction of sp³-hybridized carbons (Fsp3) is 0.385. The smallest absolute Gasteiger partial charge is 0.274 e. The zero-order valence-corrected chi connectivity index (χ0v) is 19.2. The molecule has 0 bridgehead atoms. The van der Waals surface area contributed by atoms with Crippen molar-refractivity contribution < 1.29 is 9.53 Å². The van der Waals surface area contributed by atoms with E-state index < -0.39 is 0 Å². The minimum Gasteiger partial charge on any atom is -0.497 e. The molecule has 1 amide bonds. The highest BCUT2D eigenvalue weighted by Gasteiger charge is 2.29. The lowest BCUT2D eigenvalue weighted by Crippen LogP contribution is -2.36. The highest BCUT2D eigenvalue weighted by atomic mass is 16.5. The van der Waals surface area contributed by atoms with Crippen LogP contribution >= 0.6 is 0 Å². The summed E-state index contributed by atoms with van der Waals surface area (Å²) in [4.78, 5) is 14.5. The Balaban J connectivity index is 1.46. The van der Waals surface area contributed by atoms with Gasteiger partial charge in [-0.1, -0.05) is 42.5 Å². The maximum absolute atomic E-state index is 12.9. The van der Waals surface area contributed by atoms with Crippen molar-refractivity contribution in [3.8, 4) is 5.75 Å². The number of ether oxygens (including phenoxy) is 1. The number of nitrogens with zero attached hydrogens (tertiary/aromatic N) is 3. The van der Waals surface area contributed by atoms with Crippen LogP contribution in [0, 0.1) is 0 Å². The summed E-state index contributed by atoms with van der Waals surface area (Å²) in [5.41, 5.74) is 5.39. The molecule has 6 heteroatoms. The summed E-state index contributed by atoms with van der Waals surface area (Å²) in [6, 6.07) is 18.9. The van der Waals surface area contributed by atoms with Crippen molar-refractivity contribution in [1.29, 1.82) is 0 Å². The van der Waals surface area contributed by atoms with Crippen LogP contribution in [0.1, 0.15) is 39.3 Å². The van der Waals surface area contributed by atoms with Crippen LogP contribution in [-0.2, 0) is 25.8 Å². The maximum atomic E-state index is 12.9. The maximum Gasteiger partial charge on any atom is 0.274 e. The molecule has 0 saturated heterocycles. The van der Waals surface area contributed by atoms with Gasteiger partial charge in [0, 0.05) is 31.4 Å². The van der Waals surface area contributed by atoms with Crippen molar-refractivity contribution in [2.24, 2.45) is 0 Å². The standard InChI is InChI=1S/C26H32N4O2/c1-29(2)26(31)25-23-17-21(27-16-15-19-9-12-22(32-3)13-10-19)11-14-24(23)30(28-25)18-20-7-5-4-6-8-20/h4-10,12-13,21,27H,11,14-18H2,1-3H3/t21-/m0/s1. The van der Waals surface area contributed by atoms with Crippen molar-refractivity contribution in [1.82, 2.24) is 20.0 Å². The van der Waals surface area contributed by atoms with Crippen LogP contribution in [0.25, 0.3) is 0 Å². The average Bonchev–Trinajstić information content (AvgIpc) is 3.17. The second-order valence-electron chi connectivity index (χ2n) is 8.61. The summed E-state index contributed by atoms with van der Waals surface area (Å²) in [7, 11) is 5.27. The van der Waals surface area contributed by atoms with Gasteiger partial charge in [0.1, 0.15) is 5.75 Å². The number of carbonyl (C=O) groups is 1. The molecule has 1 aromatic heterocycles. The van der Waals surface area contributed by atoms with Gasteiger partial charge < -0.3 is 15.0 Å². The van der Waals surface area contributed by atoms with Gasteiger partial charge in [-0.25, -0.2) is 0 Å². The fourth-order valence-electron chi connectivity index (χ4n) is 4.35. The Labute approximate surface area is 190 Å². The van der Waals surface area contributed by atoms with Crippen LogP contribution in [-0.4, -0.2) is 54.4 Å². The number of carbonyl (C=O) groups excluding carboxylic acids is 1. The molecule has 0 saturated carbocycles. The van der Waals surface area contributed by atoms with E-state index in [0.29, 0.717) is 18.3 Å². The zero-order chi connectivity index (χ0) is 22.5. The van der Waals surface area contributed by atoms with E-state index >= 15 is 0 Å². The van der Waals surface area contributed by atoms with Crippen LogP contribution in [0.2, 0.25) is 0 Å². The summed E-state index contributed by atoms with van der Waals surface area (Å²) in [5, 5.41) is 8.47. The molecule has 4 rings (SSSR count). The molecule has 0 unspecified atom stereocenters. The predicted molar refractivity (Wildman–Crippen MR) is 126 cm³/mol. The largest absolute Gasteiger partial charge is 0.497 e. The van der Waals surface area contributed by atoms with E-state index in [1.54, 1.807) is 26.1 Å². The first-order valence-corrected chi connectivity index (χ1v) is 11.3. The predicted octanol–water partition coefficient (Wildman–Crippen LogP) is 3.33. The molecule has 1 atom stereocenters. The van der Waals surface area contributed by atoms with Crippen LogP contribution in [0.15, 0.2) is 54.6 Å². The summed E-state index contributed by atoms with van der Waals surface area (Å²) < 4.78 is 7.27. The van der Waals surface area contributed by atoms with E-state index in [1.165, 1.54) is 16.8 Å². The quantitative estimate of drug-likeness (QED) is 0.593. The van der Waals surface area contributed by atoms with Gasteiger partial charge in [-0.3, -0.25) is 9.48 Å². The summed E-state index contributed by atoms with van der Waals surface area (Å²) >= 11 is 0. The Kier molecular flexibility index (Phi) is 6.90. The second-order valence-corrected chi connectivity index (χ2v) is 8.61. The third-order valence-electron chi connectivity index (χ3n) is 6.14. The average molecular weight is 433 g/mol. The lowest BCUT2D eigenvalue weighted by Gasteiger charge is -2.25. The van der Waals surface area contributed by atoms with Crippen LogP contribution in [0.4, 0.5) is 0 Å². The molecule has 1 aliphatic carbocycles. The summed E-state index contributed by atoms with van der Waals surface area (Å²) in [6.07, 6.45) is 3.77. The first-order valence-electron chi connectivity index (χ1n) is 11.3. The van der Waals surface area contributed by atoms with Gasteiger partial charge in [-0.15, -0.1) is 0 Å². The number of hydrogen-bond acceptors (Lipinski definition) is 4. The number of amides is 1. The number of methoxy groups -OCH3 is 1. The molecule has 3 aromatic rings. The number of rotatable bonds is 8. The highest BCUT2D eigenvalue weighted by molar-refractivity contribution is 5.93. The minimum atomic E-state index is -0.0213. The van der Waals surface area contributed by atoms with E-state index in [2.05, 4.69) is 29.6 Å². The molecule has 32 heavy (non-hydrogen) atoms. The minimum absolute atomic E-state index is 0.0213. The molecule has 0 spiro atoms. The topological polar surface area (TPSA) is 59.4 Å². The van der Waals surface area contributed by atoms with Gasteiger partial charge >= 0.3 is 0 Å². The third-order valence-corrected chi connectivity index (χ3v) is 6.14. The molecule has 0 fully saturated rings. The second kappa shape index (κ2) is 10.0. The zero-order valence-electron chi connectivity index (χ0n) is 19.2. The van der Waals surface area contributed by atoms with E-state index in [0.717, 1.165) is 43.5 Å².